The summed E-state index contributed by atoms with van der Waals surface area (Å²) in [7, 11) is 3.06. The van der Waals surface area contributed by atoms with Crippen LogP contribution in [0.25, 0.3) is 6.08 Å². The molecule has 0 N–H and O–H groups in total. The van der Waals surface area contributed by atoms with Crippen LogP contribution in [0.4, 0.5) is 0 Å². The van der Waals surface area contributed by atoms with Crippen molar-refractivity contribution in [1.29, 1.82) is 0 Å². The summed E-state index contributed by atoms with van der Waals surface area (Å²) in [5.74, 6) is 0.204. The molecule has 0 fully saturated rings. The lowest BCUT2D eigenvalue weighted by molar-refractivity contribution is -0.312. The van der Waals surface area contributed by atoms with Crippen LogP contribution in [0.2, 0.25) is 0 Å². The number of carboxylic acids is 1. The summed E-state index contributed by atoms with van der Waals surface area (Å²) < 4.78 is 21.3. The van der Waals surface area contributed by atoms with E-state index in [-0.39, 0.29) is 17.3 Å². The predicted octanol–water partition coefficient (Wildman–Crippen LogP) is 1.84. The molecule has 1 heterocycles. The second-order valence-corrected chi connectivity index (χ2v) is 5.79. The zero-order chi connectivity index (χ0) is 19.6. The summed E-state index contributed by atoms with van der Waals surface area (Å²) in [6, 6.07) is 9.74. The Kier molecular flexibility index (Phi) is 5.03. The van der Waals surface area contributed by atoms with E-state index in [0.29, 0.717) is 28.4 Å². The Morgan fingerprint density at radius 3 is 2.52 bits per heavy atom. The highest BCUT2D eigenvalue weighted by Crippen LogP contribution is 2.36. The minimum Gasteiger partial charge on any atom is -0.546 e. The first-order chi connectivity index (χ1) is 12.9. The Morgan fingerprint density at radius 1 is 1.11 bits per heavy atom. The molecular weight excluding hydrogens is 352 g/mol. The van der Waals surface area contributed by atoms with Gasteiger partial charge in [0.1, 0.15) is 17.6 Å². The number of hydrogen-bond donors (Lipinski definition) is 0. The number of rotatable bonds is 6. The molecule has 0 saturated carbocycles. The lowest BCUT2D eigenvalue weighted by Gasteiger charge is -2.15. The number of methoxy groups -OCH3 is 2. The van der Waals surface area contributed by atoms with E-state index in [1.54, 1.807) is 24.3 Å². The standard InChI is InChI=1S/C20H18O7/c1-11(20(22)23)26-13-5-6-14-16(10-13)27-18(19(14)21)9-12-4-7-15(24-2)17(8-12)25-3/h4-11H,1-3H3,(H,22,23)/p-1/t11-/m0/s1. The van der Waals surface area contributed by atoms with Crippen molar-refractivity contribution in [3.05, 3.63) is 53.3 Å². The van der Waals surface area contributed by atoms with Crippen LogP contribution >= 0.6 is 0 Å². The molecule has 7 heteroatoms. The molecule has 0 bridgehead atoms. The summed E-state index contributed by atoms with van der Waals surface area (Å²) in [6.07, 6.45) is 0.469. The first kappa shape index (κ1) is 18.3. The third-order valence-electron chi connectivity index (χ3n) is 3.99. The Hall–Kier alpha value is -3.48. The maximum absolute atomic E-state index is 12.5. The van der Waals surface area contributed by atoms with E-state index >= 15 is 0 Å². The highest BCUT2D eigenvalue weighted by molar-refractivity contribution is 6.14. The first-order valence-electron chi connectivity index (χ1n) is 8.10. The monoisotopic (exact) mass is 369 g/mol. The molecule has 140 valence electrons. The molecule has 0 unspecified atom stereocenters. The SMILES string of the molecule is COc1ccc(C=C2Oc3cc(O[C@@H](C)C(=O)[O-])ccc3C2=O)cc1OC. The molecular formula is C20H17O7-. The fraction of sp³-hybridized carbons (Fsp3) is 0.200. The average Bonchev–Trinajstić information content (AvgIpc) is 2.96. The zero-order valence-corrected chi connectivity index (χ0v) is 15.0. The van der Waals surface area contributed by atoms with Gasteiger partial charge in [-0.3, -0.25) is 4.79 Å². The van der Waals surface area contributed by atoms with Crippen molar-refractivity contribution < 1.29 is 33.6 Å². The van der Waals surface area contributed by atoms with Crippen LogP contribution in [-0.2, 0) is 4.79 Å². The molecule has 0 aromatic heterocycles. The zero-order valence-electron chi connectivity index (χ0n) is 15.0. The topological polar surface area (TPSA) is 94.1 Å². The fourth-order valence-corrected chi connectivity index (χ4v) is 2.59. The van der Waals surface area contributed by atoms with Crippen LogP contribution in [-0.4, -0.2) is 32.1 Å². The van der Waals surface area contributed by atoms with Gasteiger partial charge in [-0.15, -0.1) is 0 Å². The van der Waals surface area contributed by atoms with Gasteiger partial charge in [0.2, 0.25) is 5.78 Å². The molecule has 1 aliphatic heterocycles. The van der Waals surface area contributed by atoms with Gasteiger partial charge in [-0.25, -0.2) is 0 Å². The van der Waals surface area contributed by atoms with Gasteiger partial charge in [0, 0.05) is 6.07 Å². The molecule has 0 radical (unpaired) electrons. The van der Waals surface area contributed by atoms with Crippen LogP contribution in [0.15, 0.2) is 42.2 Å². The number of hydrogen-bond acceptors (Lipinski definition) is 7. The first-order valence-corrected chi connectivity index (χ1v) is 8.10. The summed E-state index contributed by atoms with van der Waals surface area (Å²) in [4.78, 5) is 23.3. The number of aliphatic carboxylic acids is 1. The van der Waals surface area contributed by atoms with Gasteiger partial charge in [-0.1, -0.05) is 6.07 Å². The Labute approximate surface area is 155 Å². The largest absolute Gasteiger partial charge is 0.546 e. The smallest absolute Gasteiger partial charge is 0.231 e. The van der Waals surface area contributed by atoms with Crippen LogP contribution in [0.5, 0.6) is 23.0 Å². The molecule has 27 heavy (non-hydrogen) atoms. The van der Waals surface area contributed by atoms with Gasteiger partial charge < -0.3 is 28.8 Å². The van der Waals surface area contributed by atoms with E-state index in [4.69, 9.17) is 18.9 Å². The van der Waals surface area contributed by atoms with Gasteiger partial charge in [0.05, 0.1) is 25.8 Å². The second-order valence-electron chi connectivity index (χ2n) is 5.79. The van der Waals surface area contributed by atoms with Crippen molar-refractivity contribution in [3.63, 3.8) is 0 Å². The molecule has 2 aromatic rings. The Bertz CT molecular complexity index is 930. The van der Waals surface area contributed by atoms with Crippen molar-refractivity contribution in [3.8, 4) is 23.0 Å². The highest BCUT2D eigenvalue weighted by Gasteiger charge is 2.28. The normalized spacial score (nSPS) is 15.1. The fourth-order valence-electron chi connectivity index (χ4n) is 2.59. The molecule has 0 aliphatic carbocycles. The summed E-state index contributed by atoms with van der Waals surface area (Å²) in [6.45, 7) is 1.36. The van der Waals surface area contributed by atoms with E-state index in [2.05, 4.69) is 0 Å². The number of carbonyl (C=O) groups is 2. The third-order valence-corrected chi connectivity index (χ3v) is 3.99. The van der Waals surface area contributed by atoms with Crippen LogP contribution in [0.1, 0.15) is 22.8 Å². The van der Waals surface area contributed by atoms with Gasteiger partial charge in [-0.05, 0) is 42.8 Å². The van der Waals surface area contributed by atoms with E-state index in [9.17, 15) is 14.7 Å². The average molecular weight is 369 g/mol. The van der Waals surface area contributed by atoms with Crippen molar-refractivity contribution >= 4 is 17.8 Å². The van der Waals surface area contributed by atoms with E-state index in [0.717, 1.165) is 0 Å². The van der Waals surface area contributed by atoms with E-state index in [1.165, 1.54) is 39.3 Å². The maximum Gasteiger partial charge on any atom is 0.231 e. The minimum absolute atomic E-state index is 0.141. The minimum atomic E-state index is -1.33. The molecule has 0 saturated heterocycles. The molecule has 3 rings (SSSR count). The van der Waals surface area contributed by atoms with Crippen molar-refractivity contribution in [2.75, 3.05) is 14.2 Å². The summed E-state index contributed by atoms with van der Waals surface area (Å²) in [5.41, 5.74) is 1.07. The number of ether oxygens (including phenoxy) is 4. The summed E-state index contributed by atoms with van der Waals surface area (Å²) in [5, 5.41) is 10.8. The van der Waals surface area contributed by atoms with Gasteiger partial charge in [-0.2, -0.15) is 0 Å². The third kappa shape index (κ3) is 3.72. The van der Waals surface area contributed by atoms with Crippen LogP contribution < -0.4 is 24.1 Å². The Balaban J connectivity index is 1.86. The van der Waals surface area contributed by atoms with Crippen molar-refractivity contribution in [2.45, 2.75) is 13.0 Å². The van der Waals surface area contributed by atoms with Gasteiger partial charge >= 0.3 is 0 Å². The molecule has 1 aliphatic rings. The van der Waals surface area contributed by atoms with Crippen LogP contribution in [0.3, 0.4) is 0 Å². The lowest BCUT2D eigenvalue weighted by Crippen LogP contribution is -2.37. The predicted molar refractivity (Wildman–Crippen MR) is 94.0 cm³/mol. The number of ketones is 1. The number of fused-ring (bicyclic) bond motifs is 1. The highest BCUT2D eigenvalue weighted by atomic mass is 16.5. The number of carbonyl (C=O) groups excluding carboxylic acids is 2. The number of allylic oxidation sites excluding steroid dienone is 1. The van der Waals surface area contributed by atoms with Crippen LogP contribution in [0, 0.1) is 0 Å². The van der Waals surface area contributed by atoms with Crippen molar-refractivity contribution in [2.24, 2.45) is 0 Å². The molecule has 2 aromatic carbocycles. The number of benzene rings is 2. The van der Waals surface area contributed by atoms with Crippen molar-refractivity contribution in [1.82, 2.24) is 0 Å². The molecule has 7 nitrogen and oxygen atoms in total. The quantitative estimate of drug-likeness (QED) is 0.717. The summed E-state index contributed by atoms with van der Waals surface area (Å²) >= 11 is 0. The lowest BCUT2D eigenvalue weighted by atomic mass is 10.1. The maximum atomic E-state index is 12.5. The van der Waals surface area contributed by atoms with Gasteiger partial charge in [0.15, 0.2) is 17.3 Å². The van der Waals surface area contributed by atoms with E-state index in [1.807, 2.05) is 0 Å². The molecule has 1 atom stereocenters. The Morgan fingerprint density at radius 2 is 1.85 bits per heavy atom. The molecule has 0 amide bonds. The number of carboxylic acid groups (broad SMARTS) is 1. The number of Topliss-reactive ketones (excluding diaryl/α,β-unsaturated/α-hetero) is 1. The van der Waals surface area contributed by atoms with Gasteiger partial charge in [0.25, 0.3) is 0 Å². The second kappa shape index (κ2) is 7.41. The molecule has 0 spiro atoms. The van der Waals surface area contributed by atoms with E-state index < -0.39 is 12.1 Å².